The molecule has 1 N–H and O–H groups in total. The molecule has 1 saturated carbocycles. The summed E-state index contributed by atoms with van der Waals surface area (Å²) in [7, 11) is 0. The topological polar surface area (TPSA) is 83.6 Å². The number of benzene rings is 1. The van der Waals surface area contributed by atoms with Crippen molar-refractivity contribution >= 4 is 5.91 Å². The van der Waals surface area contributed by atoms with Gasteiger partial charge in [0.1, 0.15) is 11.9 Å². The van der Waals surface area contributed by atoms with E-state index in [2.05, 4.69) is 21.7 Å². The molecule has 3 rings (SSSR count). The Morgan fingerprint density at radius 3 is 2.78 bits per heavy atom. The van der Waals surface area contributed by atoms with Gasteiger partial charge >= 0.3 is 0 Å². The number of aromatic nitrogens is 3. The van der Waals surface area contributed by atoms with Gasteiger partial charge in [-0.2, -0.15) is 5.26 Å². The molecule has 0 unspecified atom stereocenters. The first-order chi connectivity index (χ1) is 11.1. The summed E-state index contributed by atoms with van der Waals surface area (Å²) in [6.45, 7) is 2.15. The van der Waals surface area contributed by atoms with Crippen molar-refractivity contribution in [1.82, 2.24) is 20.3 Å². The van der Waals surface area contributed by atoms with E-state index in [4.69, 9.17) is 5.26 Å². The number of nitrogens with zero attached hydrogens (tertiary/aromatic N) is 4. The summed E-state index contributed by atoms with van der Waals surface area (Å²) < 4.78 is 14.5. The number of halogens is 1. The highest BCUT2D eigenvalue weighted by Gasteiger charge is 2.33. The summed E-state index contributed by atoms with van der Waals surface area (Å²) in [6.07, 6.45) is 1.93. The average molecular weight is 313 g/mol. The summed E-state index contributed by atoms with van der Waals surface area (Å²) in [6, 6.07) is 7.72. The number of nitrogens with one attached hydrogen (secondary N) is 1. The Balaban J connectivity index is 1.72. The van der Waals surface area contributed by atoms with Crippen molar-refractivity contribution in [3.63, 3.8) is 0 Å². The summed E-state index contributed by atoms with van der Waals surface area (Å²) in [5.41, 5.74) is 1.69. The van der Waals surface area contributed by atoms with Crippen LogP contribution in [0.5, 0.6) is 0 Å². The quantitative estimate of drug-likeness (QED) is 0.912. The Hall–Kier alpha value is -2.75. The molecule has 1 aliphatic rings. The Kier molecular flexibility index (Phi) is 4.06. The minimum atomic E-state index is -0.468. The van der Waals surface area contributed by atoms with Gasteiger partial charge in [-0.25, -0.2) is 9.07 Å². The Morgan fingerprint density at radius 2 is 2.17 bits per heavy atom. The number of hydrogen-bond donors (Lipinski definition) is 1. The average Bonchev–Trinajstić information content (AvgIpc) is 3.32. The molecule has 2 aromatic rings. The second-order valence-corrected chi connectivity index (χ2v) is 5.73. The summed E-state index contributed by atoms with van der Waals surface area (Å²) in [5.74, 6) is -0.434. The van der Waals surface area contributed by atoms with E-state index in [1.807, 2.05) is 0 Å². The SMILES string of the molecule is Cc1c(C(=O)N[C@H](C#N)C2CC2)nnn1Cc1ccc(F)cc1. The van der Waals surface area contributed by atoms with Crippen LogP contribution in [0.1, 0.15) is 34.6 Å². The van der Waals surface area contributed by atoms with Crippen LogP contribution in [0.15, 0.2) is 24.3 Å². The van der Waals surface area contributed by atoms with Crippen molar-refractivity contribution in [3.05, 3.63) is 47.0 Å². The molecule has 1 aromatic carbocycles. The molecule has 1 atom stereocenters. The van der Waals surface area contributed by atoms with E-state index >= 15 is 0 Å². The molecule has 7 heteroatoms. The molecule has 1 amide bonds. The first-order valence-electron chi connectivity index (χ1n) is 7.43. The van der Waals surface area contributed by atoms with Crippen LogP contribution in [0.3, 0.4) is 0 Å². The lowest BCUT2D eigenvalue weighted by Gasteiger charge is -2.09. The fourth-order valence-corrected chi connectivity index (χ4v) is 2.38. The molecule has 1 aliphatic carbocycles. The van der Waals surface area contributed by atoms with Gasteiger partial charge in [0.2, 0.25) is 0 Å². The molecule has 0 bridgehead atoms. The van der Waals surface area contributed by atoms with Crippen molar-refractivity contribution in [3.8, 4) is 6.07 Å². The molecular formula is C16H16FN5O. The molecule has 118 valence electrons. The van der Waals surface area contributed by atoms with Gasteiger partial charge in [0.15, 0.2) is 5.69 Å². The minimum Gasteiger partial charge on any atom is -0.335 e. The summed E-state index contributed by atoms with van der Waals surface area (Å²) in [4.78, 5) is 12.2. The maximum absolute atomic E-state index is 12.9. The van der Waals surface area contributed by atoms with Crippen LogP contribution in [0.4, 0.5) is 4.39 Å². The lowest BCUT2D eigenvalue weighted by Crippen LogP contribution is -2.35. The number of nitriles is 1. The van der Waals surface area contributed by atoms with Gasteiger partial charge in [-0.3, -0.25) is 4.79 Å². The van der Waals surface area contributed by atoms with Gasteiger partial charge in [-0.1, -0.05) is 17.3 Å². The summed E-state index contributed by atoms with van der Waals surface area (Å²) in [5, 5.41) is 19.7. The van der Waals surface area contributed by atoms with Crippen LogP contribution in [0, 0.1) is 30.0 Å². The summed E-state index contributed by atoms with van der Waals surface area (Å²) >= 11 is 0. The Labute approximate surface area is 132 Å². The van der Waals surface area contributed by atoms with Gasteiger partial charge in [0, 0.05) is 0 Å². The van der Waals surface area contributed by atoms with E-state index in [0.717, 1.165) is 18.4 Å². The number of rotatable bonds is 5. The van der Waals surface area contributed by atoms with Crippen molar-refractivity contribution in [2.75, 3.05) is 0 Å². The van der Waals surface area contributed by atoms with Gasteiger partial charge < -0.3 is 5.32 Å². The molecular weight excluding hydrogens is 297 g/mol. The smallest absolute Gasteiger partial charge is 0.274 e. The van der Waals surface area contributed by atoms with E-state index in [-0.39, 0.29) is 23.3 Å². The third-order valence-corrected chi connectivity index (χ3v) is 3.96. The zero-order valence-electron chi connectivity index (χ0n) is 12.7. The fourth-order valence-electron chi connectivity index (χ4n) is 2.38. The standard InChI is InChI=1S/C16H16FN5O/c1-10-15(16(23)19-14(8-18)12-4-5-12)20-21-22(10)9-11-2-6-13(17)7-3-11/h2-3,6-7,12,14H,4-5,9H2,1H3,(H,19,23)/t14-/m1/s1. The zero-order chi connectivity index (χ0) is 16.4. The van der Waals surface area contributed by atoms with E-state index in [9.17, 15) is 9.18 Å². The van der Waals surface area contributed by atoms with E-state index in [1.54, 1.807) is 23.7 Å². The van der Waals surface area contributed by atoms with Crippen LogP contribution >= 0.6 is 0 Å². The normalized spacial score (nSPS) is 15.0. The fraction of sp³-hybridized carbons (Fsp3) is 0.375. The highest BCUT2D eigenvalue weighted by atomic mass is 19.1. The lowest BCUT2D eigenvalue weighted by molar-refractivity contribution is 0.0936. The second kappa shape index (κ2) is 6.16. The highest BCUT2D eigenvalue weighted by Crippen LogP contribution is 2.32. The van der Waals surface area contributed by atoms with Crippen LogP contribution < -0.4 is 5.32 Å². The number of carbonyl (C=O) groups is 1. The first-order valence-corrected chi connectivity index (χ1v) is 7.43. The van der Waals surface area contributed by atoms with Crippen LogP contribution in [0.2, 0.25) is 0 Å². The molecule has 1 fully saturated rings. The first kappa shape index (κ1) is 15.2. The number of amides is 1. The number of carbonyl (C=O) groups excluding carboxylic acids is 1. The zero-order valence-corrected chi connectivity index (χ0v) is 12.7. The maximum Gasteiger partial charge on any atom is 0.274 e. The molecule has 1 aromatic heterocycles. The largest absolute Gasteiger partial charge is 0.335 e. The Bertz CT molecular complexity index is 758. The van der Waals surface area contributed by atoms with Crippen molar-refractivity contribution in [1.29, 1.82) is 5.26 Å². The highest BCUT2D eigenvalue weighted by molar-refractivity contribution is 5.93. The predicted octanol–water partition coefficient (Wildman–Crippen LogP) is 1.81. The van der Waals surface area contributed by atoms with Crippen molar-refractivity contribution in [2.24, 2.45) is 5.92 Å². The third-order valence-electron chi connectivity index (χ3n) is 3.96. The Morgan fingerprint density at radius 1 is 1.48 bits per heavy atom. The molecule has 1 heterocycles. The minimum absolute atomic E-state index is 0.216. The van der Waals surface area contributed by atoms with Gasteiger partial charge in [-0.05, 0) is 43.4 Å². The molecule has 23 heavy (non-hydrogen) atoms. The van der Waals surface area contributed by atoms with Crippen LogP contribution in [0.25, 0.3) is 0 Å². The third kappa shape index (κ3) is 3.37. The maximum atomic E-state index is 12.9. The predicted molar refractivity (Wildman–Crippen MR) is 79.9 cm³/mol. The van der Waals surface area contributed by atoms with Crippen LogP contribution in [-0.2, 0) is 6.54 Å². The lowest BCUT2D eigenvalue weighted by atomic mass is 10.2. The molecule has 0 aliphatic heterocycles. The van der Waals surface area contributed by atoms with Crippen molar-refractivity contribution < 1.29 is 9.18 Å². The van der Waals surface area contributed by atoms with Gasteiger partial charge in [0.25, 0.3) is 5.91 Å². The molecule has 0 saturated heterocycles. The van der Waals surface area contributed by atoms with Crippen molar-refractivity contribution in [2.45, 2.75) is 32.4 Å². The molecule has 0 radical (unpaired) electrons. The van der Waals surface area contributed by atoms with Crippen LogP contribution in [-0.4, -0.2) is 26.9 Å². The molecule has 6 nitrogen and oxygen atoms in total. The monoisotopic (exact) mass is 313 g/mol. The van der Waals surface area contributed by atoms with Gasteiger partial charge in [0.05, 0.1) is 18.3 Å². The second-order valence-electron chi connectivity index (χ2n) is 5.73. The van der Waals surface area contributed by atoms with E-state index in [1.165, 1.54) is 12.1 Å². The number of hydrogen-bond acceptors (Lipinski definition) is 4. The molecule has 0 spiro atoms. The van der Waals surface area contributed by atoms with E-state index in [0.29, 0.717) is 12.2 Å². The van der Waals surface area contributed by atoms with E-state index < -0.39 is 6.04 Å². The van der Waals surface area contributed by atoms with Gasteiger partial charge in [-0.15, -0.1) is 5.10 Å².